The molecular weight excluding hydrogens is 268 g/mol. The van der Waals surface area contributed by atoms with Crippen LogP contribution in [0.4, 0.5) is 0 Å². The molecule has 1 N–H and O–H groups in total. The van der Waals surface area contributed by atoms with E-state index in [-0.39, 0.29) is 5.78 Å². The van der Waals surface area contributed by atoms with Crippen molar-refractivity contribution in [2.75, 3.05) is 0 Å². The van der Waals surface area contributed by atoms with E-state index >= 15 is 0 Å². The number of rotatable bonds is 5. The molecule has 0 aliphatic heterocycles. The number of unbranched alkanes of at least 4 members (excludes halogenated alkanes) is 1. The maximum absolute atomic E-state index is 11.7. The first-order valence-electron chi connectivity index (χ1n) is 5.14. The number of aryl methyl sites for hydroxylation is 1. The molecule has 0 saturated heterocycles. The number of hydrogen-bond donors (Lipinski definition) is 1. The Morgan fingerprint density at radius 3 is 2.56 bits per heavy atom. The van der Waals surface area contributed by atoms with Crippen LogP contribution >= 0.6 is 34.8 Å². The summed E-state index contributed by atoms with van der Waals surface area (Å²) in [6.07, 6.45) is 4.22. The zero-order valence-electron chi connectivity index (χ0n) is 9.03. The van der Waals surface area contributed by atoms with Crippen molar-refractivity contribution in [2.45, 2.75) is 36.4 Å². The molecule has 0 aliphatic carbocycles. The number of ketones is 1. The van der Waals surface area contributed by atoms with Crippen molar-refractivity contribution in [2.24, 2.45) is 0 Å². The van der Waals surface area contributed by atoms with Crippen LogP contribution in [-0.2, 0) is 0 Å². The van der Waals surface area contributed by atoms with E-state index in [0.29, 0.717) is 18.5 Å². The summed E-state index contributed by atoms with van der Waals surface area (Å²) in [6.45, 7) is 1.91. The van der Waals surface area contributed by atoms with Gasteiger partial charge in [0.2, 0.25) is 0 Å². The van der Waals surface area contributed by atoms with E-state index in [1.54, 1.807) is 6.20 Å². The lowest BCUT2D eigenvalue weighted by Crippen LogP contribution is -2.04. The quantitative estimate of drug-likeness (QED) is 0.483. The van der Waals surface area contributed by atoms with Gasteiger partial charge >= 0.3 is 0 Å². The first-order valence-corrected chi connectivity index (χ1v) is 6.27. The minimum atomic E-state index is -1.20. The SMILES string of the molecule is Cc1cc[nH]c1C(=O)CCCCC(Cl)(Cl)Cl. The molecule has 0 radical (unpaired) electrons. The van der Waals surface area contributed by atoms with Crippen LogP contribution in [0, 0.1) is 6.92 Å². The lowest BCUT2D eigenvalue weighted by molar-refractivity contribution is 0.0974. The Morgan fingerprint density at radius 1 is 1.38 bits per heavy atom. The third-order valence-corrected chi connectivity index (χ3v) is 2.92. The standard InChI is InChI=1S/C11H14Cl3NO/c1-8-5-7-15-10(8)9(16)4-2-3-6-11(12,13)14/h5,7,15H,2-4,6H2,1H3. The van der Waals surface area contributed by atoms with E-state index in [2.05, 4.69) is 4.98 Å². The first kappa shape index (κ1) is 13.9. The first-order chi connectivity index (χ1) is 7.40. The van der Waals surface area contributed by atoms with Crippen molar-refractivity contribution in [1.82, 2.24) is 4.98 Å². The van der Waals surface area contributed by atoms with Gasteiger partial charge in [0.25, 0.3) is 0 Å². The average Bonchev–Trinajstić information content (AvgIpc) is 2.57. The largest absolute Gasteiger partial charge is 0.359 e. The van der Waals surface area contributed by atoms with Crippen LogP contribution in [0.1, 0.15) is 41.7 Å². The highest BCUT2D eigenvalue weighted by Gasteiger charge is 2.18. The van der Waals surface area contributed by atoms with Gasteiger partial charge in [-0.15, -0.1) is 0 Å². The number of halogens is 3. The van der Waals surface area contributed by atoms with Gasteiger partial charge in [0.1, 0.15) is 0 Å². The smallest absolute Gasteiger partial charge is 0.190 e. The van der Waals surface area contributed by atoms with Gasteiger partial charge in [0.05, 0.1) is 5.69 Å². The number of H-pyrrole nitrogens is 1. The molecule has 0 fully saturated rings. The molecule has 16 heavy (non-hydrogen) atoms. The summed E-state index contributed by atoms with van der Waals surface area (Å²) in [5.74, 6) is 0.117. The topological polar surface area (TPSA) is 32.9 Å². The van der Waals surface area contributed by atoms with Crippen LogP contribution in [0.25, 0.3) is 0 Å². The summed E-state index contributed by atoms with van der Waals surface area (Å²) in [5, 5.41) is 0. The number of aromatic amines is 1. The highest BCUT2D eigenvalue weighted by atomic mass is 35.6. The van der Waals surface area contributed by atoms with Gasteiger partial charge < -0.3 is 4.98 Å². The van der Waals surface area contributed by atoms with E-state index in [9.17, 15) is 4.79 Å². The monoisotopic (exact) mass is 281 g/mol. The van der Waals surface area contributed by atoms with Crippen molar-refractivity contribution in [3.05, 3.63) is 23.5 Å². The Labute approximate surface area is 110 Å². The van der Waals surface area contributed by atoms with Gasteiger partial charge in [-0.1, -0.05) is 34.8 Å². The number of alkyl halides is 3. The average molecular weight is 283 g/mol. The molecule has 1 aromatic heterocycles. The van der Waals surface area contributed by atoms with Gasteiger partial charge in [0, 0.05) is 12.6 Å². The zero-order valence-corrected chi connectivity index (χ0v) is 11.3. The van der Waals surface area contributed by atoms with E-state index < -0.39 is 3.79 Å². The zero-order chi connectivity index (χ0) is 12.2. The van der Waals surface area contributed by atoms with Crippen LogP contribution < -0.4 is 0 Å². The molecule has 1 heterocycles. The molecule has 2 nitrogen and oxygen atoms in total. The Morgan fingerprint density at radius 2 is 2.06 bits per heavy atom. The maximum atomic E-state index is 11.7. The predicted octanol–water partition coefficient (Wildman–Crippen LogP) is 4.44. The van der Waals surface area contributed by atoms with Crippen molar-refractivity contribution < 1.29 is 4.79 Å². The molecule has 0 unspecified atom stereocenters. The van der Waals surface area contributed by atoms with Crippen LogP contribution in [0.2, 0.25) is 0 Å². The molecule has 0 amide bonds. The van der Waals surface area contributed by atoms with Gasteiger partial charge in [-0.05, 0) is 37.8 Å². The molecule has 0 saturated carbocycles. The fraction of sp³-hybridized carbons (Fsp3) is 0.545. The molecule has 0 atom stereocenters. The fourth-order valence-corrected chi connectivity index (χ4v) is 1.88. The minimum Gasteiger partial charge on any atom is -0.359 e. The summed E-state index contributed by atoms with van der Waals surface area (Å²) in [4.78, 5) is 14.7. The normalized spacial score (nSPS) is 11.8. The molecular formula is C11H14Cl3NO. The molecule has 0 aromatic carbocycles. The molecule has 5 heteroatoms. The third-order valence-electron chi connectivity index (χ3n) is 2.35. The number of hydrogen-bond acceptors (Lipinski definition) is 1. The van der Waals surface area contributed by atoms with Gasteiger partial charge in [0.15, 0.2) is 9.58 Å². The van der Waals surface area contributed by atoms with Crippen molar-refractivity contribution >= 4 is 40.6 Å². The molecule has 90 valence electrons. The van der Waals surface area contributed by atoms with Crippen LogP contribution in [0.15, 0.2) is 12.3 Å². The fourth-order valence-electron chi connectivity index (χ4n) is 1.48. The third kappa shape index (κ3) is 4.77. The molecule has 1 aromatic rings. The Balaban J connectivity index is 2.29. The molecule has 0 aliphatic rings. The van der Waals surface area contributed by atoms with Crippen molar-refractivity contribution in [3.63, 3.8) is 0 Å². The van der Waals surface area contributed by atoms with E-state index in [1.165, 1.54) is 0 Å². The lowest BCUT2D eigenvalue weighted by Gasteiger charge is -2.09. The maximum Gasteiger partial charge on any atom is 0.190 e. The summed E-state index contributed by atoms with van der Waals surface area (Å²) in [5.41, 5.74) is 1.67. The number of nitrogens with one attached hydrogen (secondary N) is 1. The van der Waals surface area contributed by atoms with Gasteiger partial charge in [-0.25, -0.2) is 0 Å². The second-order valence-corrected chi connectivity index (χ2v) is 6.30. The predicted molar refractivity (Wildman–Crippen MR) is 68.6 cm³/mol. The number of carbonyl (C=O) groups is 1. The summed E-state index contributed by atoms with van der Waals surface area (Å²) < 4.78 is -1.20. The highest BCUT2D eigenvalue weighted by molar-refractivity contribution is 6.67. The summed E-state index contributed by atoms with van der Waals surface area (Å²) in [7, 11) is 0. The van der Waals surface area contributed by atoms with Crippen molar-refractivity contribution in [3.8, 4) is 0 Å². The van der Waals surface area contributed by atoms with E-state index in [1.807, 2.05) is 13.0 Å². The Hall–Kier alpha value is -0.180. The second kappa shape index (κ2) is 5.95. The summed E-state index contributed by atoms with van der Waals surface area (Å²) in [6, 6.07) is 1.88. The Kier molecular flexibility index (Phi) is 5.16. The van der Waals surface area contributed by atoms with Crippen LogP contribution in [0.3, 0.4) is 0 Å². The van der Waals surface area contributed by atoms with Crippen LogP contribution in [-0.4, -0.2) is 14.6 Å². The number of carbonyl (C=O) groups excluding carboxylic acids is 1. The minimum absolute atomic E-state index is 0.117. The highest BCUT2D eigenvalue weighted by Crippen LogP contribution is 2.32. The number of aromatic nitrogens is 1. The molecule has 1 rings (SSSR count). The van der Waals surface area contributed by atoms with E-state index in [4.69, 9.17) is 34.8 Å². The lowest BCUT2D eigenvalue weighted by atomic mass is 10.1. The Bertz CT molecular complexity index is 354. The summed E-state index contributed by atoms with van der Waals surface area (Å²) >= 11 is 16.8. The second-order valence-electron chi connectivity index (χ2n) is 3.78. The van der Waals surface area contributed by atoms with Crippen LogP contribution in [0.5, 0.6) is 0 Å². The van der Waals surface area contributed by atoms with Gasteiger partial charge in [-0.3, -0.25) is 4.79 Å². The number of Topliss-reactive ketones (excluding diaryl/α,β-unsaturated/α-hetero) is 1. The molecule has 0 spiro atoms. The van der Waals surface area contributed by atoms with Crippen molar-refractivity contribution in [1.29, 1.82) is 0 Å². The molecule has 0 bridgehead atoms. The van der Waals surface area contributed by atoms with E-state index in [0.717, 1.165) is 18.4 Å². The van der Waals surface area contributed by atoms with Gasteiger partial charge in [-0.2, -0.15) is 0 Å².